The third-order valence-electron chi connectivity index (χ3n) is 6.72. The second-order valence-corrected chi connectivity index (χ2v) is 10.8. The average Bonchev–Trinajstić information content (AvgIpc) is 3.34. The summed E-state index contributed by atoms with van der Waals surface area (Å²) in [5.41, 5.74) is 3.58. The molecule has 0 aromatic heterocycles. The van der Waals surface area contributed by atoms with Gasteiger partial charge in [0, 0.05) is 45.5 Å². The Bertz CT molecular complexity index is 1240. The van der Waals surface area contributed by atoms with Crippen molar-refractivity contribution in [2.75, 3.05) is 44.7 Å². The lowest BCUT2D eigenvalue weighted by Gasteiger charge is -2.30. The van der Waals surface area contributed by atoms with Crippen LogP contribution in [-0.2, 0) is 27.4 Å². The second-order valence-electron chi connectivity index (χ2n) is 10.8. The number of hydrazine groups is 1. The molecule has 1 aliphatic heterocycles. The summed E-state index contributed by atoms with van der Waals surface area (Å²) >= 11 is 0. The fraction of sp³-hybridized carbons (Fsp3) is 0.467. The molecule has 0 unspecified atom stereocenters. The predicted molar refractivity (Wildman–Crippen MR) is 153 cm³/mol. The molecule has 0 bridgehead atoms. The van der Waals surface area contributed by atoms with Crippen molar-refractivity contribution < 1.29 is 19.1 Å². The van der Waals surface area contributed by atoms with E-state index in [-0.39, 0.29) is 38.0 Å². The standard InChI is InChI=1S/C30H40N6O4/c1-7-34(29(39)40-30(3,4)5)14-15-36(26-16-23(17-31)13-12-22(26)2)28(38)19-32-18-27(37)33(6)35-20-24-10-8-9-11-25(24)21-35/h8-13,16,32H,7,14-15,18-21H2,1-6H3. The summed E-state index contributed by atoms with van der Waals surface area (Å²) in [6, 6.07) is 15.4. The molecule has 10 heteroatoms. The number of ether oxygens (including phenoxy) is 1. The molecule has 2 aromatic rings. The summed E-state index contributed by atoms with van der Waals surface area (Å²) in [6.07, 6.45) is -0.458. The minimum absolute atomic E-state index is 0.0147. The largest absolute Gasteiger partial charge is 0.444 e. The van der Waals surface area contributed by atoms with Crippen molar-refractivity contribution in [3.63, 3.8) is 0 Å². The smallest absolute Gasteiger partial charge is 0.410 e. The molecule has 0 atom stereocenters. The molecule has 1 heterocycles. The van der Waals surface area contributed by atoms with Crippen LogP contribution in [0.2, 0.25) is 0 Å². The van der Waals surface area contributed by atoms with Crippen molar-refractivity contribution in [3.05, 3.63) is 64.7 Å². The highest BCUT2D eigenvalue weighted by Gasteiger charge is 2.26. The van der Waals surface area contributed by atoms with Gasteiger partial charge in [0.1, 0.15) is 5.60 Å². The van der Waals surface area contributed by atoms with E-state index in [1.807, 2.05) is 31.0 Å². The number of amides is 3. The highest BCUT2D eigenvalue weighted by atomic mass is 16.6. The molecule has 0 radical (unpaired) electrons. The van der Waals surface area contributed by atoms with Gasteiger partial charge in [-0.15, -0.1) is 0 Å². The number of benzene rings is 2. The number of likely N-dealkylation sites (N-methyl/N-ethyl adjacent to an activating group) is 2. The zero-order chi connectivity index (χ0) is 29.4. The number of hydrogen-bond donors (Lipinski definition) is 1. The van der Waals surface area contributed by atoms with E-state index in [0.717, 1.165) is 5.56 Å². The number of nitrogens with zero attached hydrogens (tertiary/aromatic N) is 5. The van der Waals surface area contributed by atoms with E-state index in [1.165, 1.54) is 16.0 Å². The molecule has 214 valence electrons. The maximum atomic E-state index is 13.5. The van der Waals surface area contributed by atoms with Crippen LogP contribution in [0.5, 0.6) is 0 Å². The van der Waals surface area contributed by atoms with Gasteiger partial charge in [-0.2, -0.15) is 5.26 Å². The van der Waals surface area contributed by atoms with Crippen LogP contribution in [0.25, 0.3) is 0 Å². The van der Waals surface area contributed by atoms with Gasteiger partial charge in [0.05, 0.1) is 24.7 Å². The zero-order valence-electron chi connectivity index (χ0n) is 24.4. The zero-order valence-corrected chi connectivity index (χ0v) is 24.4. The molecule has 0 fully saturated rings. The third-order valence-corrected chi connectivity index (χ3v) is 6.72. The van der Waals surface area contributed by atoms with Gasteiger partial charge in [0.15, 0.2) is 0 Å². The van der Waals surface area contributed by atoms with Crippen LogP contribution in [0.4, 0.5) is 10.5 Å². The molecule has 3 rings (SSSR count). The lowest BCUT2D eigenvalue weighted by molar-refractivity contribution is -0.145. The first kappa shape index (κ1) is 30.6. The molecule has 3 amide bonds. The van der Waals surface area contributed by atoms with Crippen LogP contribution >= 0.6 is 0 Å². The van der Waals surface area contributed by atoms with Crippen LogP contribution in [-0.4, -0.2) is 78.2 Å². The van der Waals surface area contributed by atoms with Gasteiger partial charge in [-0.1, -0.05) is 30.3 Å². The summed E-state index contributed by atoms with van der Waals surface area (Å²) < 4.78 is 5.51. The first-order valence-electron chi connectivity index (χ1n) is 13.5. The van der Waals surface area contributed by atoms with Gasteiger partial charge in [-0.25, -0.2) is 9.80 Å². The molecular formula is C30H40N6O4. The fourth-order valence-corrected chi connectivity index (χ4v) is 4.45. The number of anilines is 1. The maximum absolute atomic E-state index is 13.5. The normalized spacial score (nSPS) is 12.8. The van der Waals surface area contributed by atoms with Gasteiger partial charge in [-0.3, -0.25) is 19.9 Å². The average molecular weight is 549 g/mol. The molecular weight excluding hydrogens is 508 g/mol. The van der Waals surface area contributed by atoms with E-state index in [2.05, 4.69) is 23.5 Å². The fourth-order valence-electron chi connectivity index (χ4n) is 4.45. The van der Waals surface area contributed by atoms with Crippen molar-refractivity contribution in [2.24, 2.45) is 0 Å². The Morgan fingerprint density at radius 1 is 1.02 bits per heavy atom. The molecule has 40 heavy (non-hydrogen) atoms. The molecule has 10 nitrogen and oxygen atoms in total. The van der Waals surface area contributed by atoms with E-state index >= 15 is 0 Å². The van der Waals surface area contributed by atoms with Crippen molar-refractivity contribution in [1.29, 1.82) is 5.26 Å². The van der Waals surface area contributed by atoms with Crippen molar-refractivity contribution in [2.45, 2.75) is 53.3 Å². The number of hydrogen-bond acceptors (Lipinski definition) is 7. The molecule has 0 spiro atoms. The van der Waals surface area contributed by atoms with Crippen LogP contribution in [0.1, 0.15) is 49.9 Å². The maximum Gasteiger partial charge on any atom is 0.410 e. The molecule has 1 aliphatic rings. The SMILES string of the molecule is CCN(CCN(C(=O)CNCC(=O)N(C)N1Cc2ccccc2C1)c1cc(C#N)ccc1C)C(=O)OC(C)(C)C. The van der Waals surface area contributed by atoms with Crippen molar-refractivity contribution in [1.82, 2.24) is 20.2 Å². The molecule has 0 saturated heterocycles. The Labute approximate surface area is 237 Å². The van der Waals surface area contributed by atoms with E-state index in [1.54, 1.807) is 55.9 Å². The van der Waals surface area contributed by atoms with Crippen LogP contribution in [0.3, 0.4) is 0 Å². The predicted octanol–water partition coefficient (Wildman–Crippen LogP) is 3.44. The molecule has 0 saturated carbocycles. The lowest BCUT2D eigenvalue weighted by atomic mass is 10.1. The number of carbonyl (C=O) groups is 3. The quantitative estimate of drug-likeness (QED) is 0.485. The topological polar surface area (TPSA) is 109 Å². The first-order chi connectivity index (χ1) is 18.9. The van der Waals surface area contributed by atoms with E-state index in [9.17, 15) is 19.6 Å². The highest BCUT2D eigenvalue weighted by molar-refractivity contribution is 5.96. The minimum atomic E-state index is -0.640. The Hall–Kier alpha value is -3.94. The van der Waals surface area contributed by atoms with Crippen LogP contribution in [0, 0.1) is 18.3 Å². The Balaban J connectivity index is 1.65. The van der Waals surface area contributed by atoms with Gasteiger partial charge in [-0.05, 0) is 63.4 Å². The highest BCUT2D eigenvalue weighted by Crippen LogP contribution is 2.24. The second kappa shape index (κ2) is 13.4. The minimum Gasteiger partial charge on any atom is -0.444 e. The van der Waals surface area contributed by atoms with Gasteiger partial charge in [0.25, 0.3) is 5.91 Å². The molecule has 2 aromatic carbocycles. The van der Waals surface area contributed by atoms with Gasteiger partial charge in [0.2, 0.25) is 5.91 Å². The number of carbonyl (C=O) groups excluding carboxylic acids is 3. The monoisotopic (exact) mass is 548 g/mol. The van der Waals surface area contributed by atoms with Crippen molar-refractivity contribution >= 4 is 23.6 Å². The summed E-state index contributed by atoms with van der Waals surface area (Å²) in [6.45, 7) is 11.2. The third kappa shape index (κ3) is 8.04. The number of fused-ring (bicyclic) bond motifs is 1. The molecule has 1 N–H and O–H groups in total. The Morgan fingerprint density at radius 3 is 2.23 bits per heavy atom. The lowest BCUT2D eigenvalue weighted by Crippen LogP contribution is -2.48. The summed E-state index contributed by atoms with van der Waals surface area (Å²) in [5, 5.41) is 16.0. The summed E-state index contributed by atoms with van der Waals surface area (Å²) in [4.78, 5) is 42.1. The summed E-state index contributed by atoms with van der Waals surface area (Å²) in [5.74, 6) is -0.431. The number of nitriles is 1. The Kier molecular flexibility index (Phi) is 10.3. The number of rotatable bonds is 10. The number of nitrogens with one attached hydrogen (secondary N) is 1. The van der Waals surface area contributed by atoms with Gasteiger partial charge < -0.3 is 14.5 Å². The van der Waals surface area contributed by atoms with Crippen LogP contribution in [0.15, 0.2) is 42.5 Å². The van der Waals surface area contributed by atoms with E-state index < -0.39 is 11.7 Å². The first-order valence-corrected chi connectivity index (χ1v) is 13.5. The molecule has 0 aliphatic carbocycles. The van der Waals surface area contributed by atoms with Crippen molar-refractivity contribution in [3.8, 4) is 6.07 Å². The van der Waals surface area contributed by atoms with E-state index in [0.29, 0.717) is 30.9 Å². The summed E-state index contributed by atoms with van der Waals surface area (Å²) in [7, 11) is 1.73. The van der Waals surface area contributed by atoms with Gasteiger partial charge >= 0.3 is 6.09 Å². The van der Waals surface area contributed by atoms with Crippen LogP contribution < -0.4 is 10.2 Å². The number of aryl methyl sites for hydroxylation is 1. The Morgan fingerprint density at radius 2 is 1.65 bits per heavy atom. The van der Waals surface area contributed by atoms with E-state index in [4.69, 9.17) is 4.74 Å².